The lowest BCUT2D eigenvalue weighted by Crippen LogP contribution is -1.99. The molecule has 1 heterocycles. The largest absolute Gasteiger partial charge is 0.497 e. The molecule has 1 aromatic carbocycles. The Morgan fingerprint density at radius 3 is 2.43 bits per heavy atom. The first kappa shape index (κ1) is 16.7. The fourth-order valence-electron chi connectivity index (χ4n) is 1.74. The van der Waals surface area contributed by atoms with Crippen LogP contribution in [0, 0.1) is 0 Å². The van der Waals surface area contributed by atoms with Gasteiger partial charge in [0.2, 0.25) is 0 Å². The summed E-state index contributed by atoms with van der Waals surface area (Å²) in [6, 6.07) is 8.77. The predicted molar refractivity (Wildman–Crippen MR) is 84.4 cm³/mol. The molecule has 1 aromatic heterocycles. The monoisotopic (exact) mass is 305 g/mol. The molecule has 0 amide bonds. The van der Waals surface area contributed by atoms with Gasteiger partial charge in [0.15, 0.2) is 5.78 Å². The quantitative estimate of drug-likeness (QED) is 0.627. The minimum atomic E-state index is -0.124. The van der Waals surface area contributed by atoms with E-state index in [0.29, 0.717) is 17.1 Å². The van der Waals surface area contributed by atoms with E-state index >= 15 is 0 Å². The number of hydrogen-bond donors (Lipinski definition) is 0. The van der Waals surface area contributed by atoms with E-state index in [1.54, 1.807) is 43.8 Å². The highest BCUT2D eigenvalue weighted by molar-refractivity contribution is 6.08. The Hall–Kier alpha value is -2.33. The standard InChI is InChI=1S/C16H15NO3.ClH/c1-19-13-4-5-14(16(11-13)20-2)15(18)6-3-12-7-9-17-10-8-12;/h3-11H,1-2H3;1H/b6-3+;. The van der Waals surface area contributed by atoms with Crippen LogP contribution >= 0.6 is 12.4 Å². The molecular formula is C16H16ClNO3. The van der Waals surface area contributed by atoms with Crippen molar-refractivity contribution in [2.75, 3.05) is 14.2 Å². The molecule has 0 aliphatic carbocycles. The Morgan fingerprint density at radius 2 is 1.81 bits per heavy atom. The second-order valence-corrected chi connectivity index (χ2v) is 4.04. The zero-order valence-electron chi connectivity index (χ0n) is 11.8. The van der Waals surface area contributed by atoms with Crippen molar-refractivity contribution < 1.29 is 14.3 Å². The molecule has 5 heteroatoms. The van der Waals surface area contributed by atoms with Gasteiger partial charge in [-0.1, -0.05) is 6.08 Å². The van der Waals surface area contributed by atoms with Gasteiger partial charge in [-0.3, -0.25) is 9.78 Å². The third-order valence-electron chi connectivity index (χ3n) is 2.81. The molecule has 0 saturated carbocycles. The third-order valence-corrected chi connectivity index (χ3v) is 2.81. The lowest BCUT2D eigenvalue weighted by Gasteiger charge is -2.07. The van der Waals surface area contributed by atoms with E-state index in [1.807, 2.05) is 12.1 Å². The zero-order valence-corrected chi connectivity index (χ0v) is 12.6. The molecule has 0 radical (unpaired) electrons. The Labute approximate surface area is 129 Å². The van der Waals surface area contributed by atoms with Crippen molar-refractivity contribution in [3.05, 3.63) is 59.9 Å². The van der Waals surface area contributed by atoms with Crippen molar-refractivity contribution >= 4 is 24.3 Å². The van der Waals surface area contributed by atoms with Crippen molar-refractivity contribution in [1.82, 2.24) is 4.98 Å². The molecule has 0 bridgehead atoms. The number of rotatable bonds is 5. The van der Waals surface area contributed by atoms with Crippen molar-refractivity contribution in [3.63, 3.8) is 0 Å². The maximum absolute atomic E-state index is 12.2. The minimum absolute atomic E-state index is 0. The Kier molecular flexibility index (Phi) is 6.43. The van der Waals surface area contributed by atoms with Crippen LogP contribution in [0.1, 0.15) is 15.9 Å². The van der Waals surface area contributed by atoms with Crippen LogP contribution in [0.4, 0.5) is 0 Å². The number of ketones is 1. The summed E-state index contributed by atoms with van der Waals surface area (Å²) in [6.07, 6.45) is 6.61. The maximum atomic E-state index is 12.2. The van der Waals surface area contributed by atoms with Gasteiger partial charge in [-0.15, -0.1) is 12.4 Å². The Bertz CT molecular complexity index is 627. The summed E-state index contributed by atoms with van der Waals surface area (Å²) < 4.78 is 10.3. The van der Waals surface area contributed by atoms with Crippen LogP contribution in [0.3, 0.4) is 0 Å². The van der Waals surface area contributed by atoms with Crippen molar-refractivity contribution in [3.8, 4) is 11.5 Å². The molecular weight excluding hydrogens is 290 g/mol. The van der Waals surface area contributed by atoms with Gasteiger partial charge >= 0.3 is 0 Å². The van der Waals surface area contributed by atoms with E-state index in [2.05, 4.69) is 4.98 Å². The number of benzene rings is 1. The maximum Gasteiger partial charge on any atom is 0.189 e. The van der Waals surface area contributed by atoms with Crippen LogP contribution in [0.2, 0.25) is 0 Å². The molecule has 0 unspecified atom stereocenters. The molecule has 0 saturated heterocycles. The first-order valence-corrected chi connectivity index (χ1v) is 6.09. The summed E-state index contributed by atoms with van der Waals surface area (Å²) in [4.78, 5) is 16.1. The van der Waals surface area contributed by atoms with E-state index < -0.39 is 0 Å². The van der Waals surface area contributed by atoms with Gasteiger partial charge < -0.3 is 9.47 Å². The lowest BCUT2D eigenvalue weighted by molar-refractivity contribution is 0.104. The molecule has 0 spiro atoms. The highest BCUT2D eigenvalue weighted by atomic mass is 35.5. The Balaban J connectivity index is 0.00000220. The Morgan fingerprint density at radius 1 is 1.10 bits per heavy atom. The highest BCUT2D eigenvalue weighted by Crippen LogP contribution is 2.25. The van der Waals surface area contributed by atoms with E-state index in [9.17, 15) is 4.79 Å². The molecule has 21 heavy (non-hydrogen) atoms. The van der Waals surface area contributed by atoms with Crippen LogP contribution < -0.4 is 9.47 Å². The minimum Gasteiger partial charge on any atom is -0.497 e. The average molecular weight is 306 g/mol. The smallest absolute Gasteiger partial charge is 0.189 e. The van der Waals surface area contributed by atoms with Gasteiger partial charge in [0.1, 0.15) is 11.5 Å². The van der Waals surface area contributed by atoms with Crippen molar-refractivity contribution in [2.45, 2.75) is 0 Å². The number of pyridine rings is 1. The number of methoxy groups -OCH3 is 2. The van der Waals surface area contributed by atoms with E-state index in [0.717, 1.165) is 5.56 Å². The number of ether oxygens (including phenoxy) is 2. The van der Waals surface area contributed by atoms with E-state index in [1.165, 1.54) is 13.2 Å². The number of nitrogens with zero attached hydrogens (tertiary/aromatic N) is 1. The van der Waals surface area contributed by atoms with Gasteiger partial charge in [0, 0.05) is 18.5 Å². The van der Waals surface area contributed by atoms with E-state index in [4.69, 9.17) is 9.47 Å². The fourth-order valence-corrected chi connectivity index (χ4v) is 1.74. The molecule has 2 rings (SSSR count). The summed E-state index contributed by atoms with van der Waals surface area (Å²) in [5, 5.41) is 0. The summed E-state index contributed by atoms with van der Waals surface area (Å²) in [6.45, 7) is 0. The van der Waals surface area contributed by atoms with Crippen molar-refractivity contribution in [1.29, 1.82) is 0 Å². The van der Waals surface area contributed by atoms with Crippen LogP contribution in [-0.4, -0.2) is 25.0 Å². The van der Waals surface area contributed by atoms with E-state index in [-0.39, 0.29) is 18.2 Å². The fraction of sp³-hybridized carbons (Fsp3) is 0.125. The van der Waals surface area contributed by atoms with Gasteiger partial charge in [-0.25, -0.2) is 0 Å². The number of halogens is 1. The number of hydrogen-bond acceptors (Lipinski definition) is 4. The SMILES string of the molecule is COc1ccc(C(=O)/C=C/c2ccncc2)c(OC)c1.Cl. The number of carbonyl (C=O) groups is 1. The second-order valence-electron chi connectivity index (χ2n) is 4.04. The van der Waals surface area contributed by atoms with Crippen LogP contribution in [-0.2, 0) is 0 Å². The molecule has 0 aliphatic rings. The summed E-state index contributed by atoms with van der Waals surface area (Å²) in [5.74, 6) is 1.02. The molecule has 0 fully saturated rings. The lowest BCUT2D eigenvalue weighted by atomic mass is 10.1. The van der Waals surface area contributed by atoms with Crippen LogP contribution in [0.5, 0.6) is 11.5 Å². The third kappa shape index (κ3) is 4.33. The summed E-state index contributed by atoms with van der Waals surface area (Å²) in [7, 11) is 3.09. The molecule has 0 atom stereocenters. The molecule has 0 N–H and O–H groups in total. The average Bonchev–Trinajstić information content (AvgIpc) is 2.52. The molecule has 4 nitrogen and oxygen atoms in total. The summed E-state index contributed by atoms with van der Waals surface area (Å²) >= 11 is 0. The van der Waals surface area contributed by atoms with Crippen LogP contribution in [0.25, 0.3) is 6.08 Å². The molecule has 2 aromatic rings. The zero-order chi connectivity index (χ0) is 14.4. The summed E-state index contributed by atoms with van der Waals surface area (Å²) in [5.41, 5.74) is 1.42. The van der Waals surface area contributed by atoms with Crippen LogP contribution in [0.15, 0.2) is 48.8 Å². The number of allylic oxidation sites excluding steroid dienone is 1. The number of carbonyl (C=O) groups excluding carboxylic acids is 1. The first-order valence-electron chi connectivity index (χ1n) is 6.09. The van der Waals surface area contributed by atoms with Gasteiger partial charge in [0.05, 0.1) is 19.8 Å². The molecule has 0 aliphatic heterocycles. The topological polar surface area (TPSA) is 48.4 Å². The van der Waals surface area contributed by atoms with Gasteiger partial charge in [0.25, 0.3) is 0 Å². The normalized spacial score (nSPS) is 10.0. The van der Waals surface area contributed by atoms with Crippen molar-refractivity contribution in [2.24, 2.45) is 0 Å². The first-order chi connectivity index (χ1) is 9.74. The van der Waals surface area contributed by atoms with Gasteiger partial charge in [-0.2, -0.15) is 0 Å². The second kappa shape index (κ2) is 8.07. The van der Waals surface area contributed by atoms with Gasteiger partial charge in [-0.05, 0) is 35.9 Å². The predicted octanol–water partition coefficient (Wildman–Crippen LogP) is 3.42. The molecule has 110 valence electrons. The highest BCUT2D eigenvalue weighted by Gasteiger charge is 2.10. The number of aromatic nitrogens is 1.